The molecule has 0 saturated heterocycles. The topological polar surface area (TPSA) is 76.7 Å². The molecule has 0 aliphatic carbocycles. The predicted octanol–water partition coefficient (Wildman–Crippen LogP) is 4.36. The first kappa shape index (κ1) is 19.9. The first-order valence-corrected chi connectivity index (χ1v) is 9.17. The molecule has 0 aliphatic rings. The molecule has 2 N–H and O–H groups in total. The lowest BCUT2D eigenvalue weighted by atomic mass is 10.2. The van der Waals surface area contributed by atoms with Gasteiger partial charge in [-0.2, -0.15) is 0 Å². The van der Waals surface area contributed by atoms with Crippen LogP contribution in [0.1, 0.15) is 16.8 Å². The van der Waals surface area contributed by atoms with Crippen LogP contribution in [0.5, 0.6) is 11.5 Å². The van der Waals surface area contributed by atoms with Gasteiger partial charge in [0.25, 0.3) is 5.91 Å². The van der Waals surface area contributed by atoms with Crippen LogP contribution >= 0.6 is 0 Å². The highest BCUT2D eigenvalue weighted by molar-refractivity contribution is 6.04. The maximum absolute atomic E-state index is 12.3. The third kappa shape index (κ3) is 6.10. The summed E-state index contributed by atoms with van der Waals surface area (Å²) in [5, 5.41) is 5.61. The van der Waals surface area contributed by atoms with Gasteiger partial charge in [0.1, 0.15) is 11.5 Å². The fourth-order valence-electron chi connectivity index (χ4n) is 2.58. The van der Waals surface area contributed by atoms with Gasteiger partial charge in [0.2, 0.25) is 5.91 Å². The number of amides is 2. The number of methoxy groups -OCH3 is 1. The minimum Gasteiger partial charge on any atom is -0.497 e. The van der Waals surface area contributed by atoms with Crippen LogP contribution in [0.4, 0.5) is 11.4 Å². The van der Waals surface area contributed by atoms with Gasteiger partial charge in [-0.15, -0.1) is 0 Å². The number of anilines is 2. The zero-order chi connectivity index (χ0) is 20.5. The van der Waals surface area contributed by atoms with Crippen molar-refractivity contribution in [3.63, 3.8) is 0 Å². The summed E-state index contributed by atoms with van der Waals surface area (Å²) in [6.45, 7) is 0.290. The summed E-state index contributed by atoms with van der Waals surface area (Å²) >= 11 is 0. The molecule has 0 bridgehead atoms. The lowest BCUT2D eigenvalue weighted by molar-refractivity contribution is -0.116. The summed E-state index contributed by atoms with van der Waals surface area (Å²) in [5.41, 5.74) is 1.79. The normalized spacial score (nSPS) is 10.1. The summed E-state index contributed by atoms with van der Waals surface area (Å²) in [7, 11) is 1.59. The molecule has 0 radical (unpaired) electrons. The molecule has 0 fully saturated rings. The minimum absolute atomic E-state index is 0.156. The van der Waals surface area contributed by atoms with Crippen LogP contribution in [0.25, 0.3) is 0 Å². The average Bonchev–Trinajstić information content (AvgIpc) is 2.75. The highest BCUT2D eigenvalue weighted by Gasteiger charge is 2.08. The lowest BCUT2D eigenvalue weighted by Gasteiger charge is -2.09. The second-order valence-electron chi connectivity index (χ2n) is 6.22. The van der Waals surface area contributed by atoms with E-state index in [1.165, 1.54) is 0 Å². The Morgan fingerprint density at radius 3 is 2.03 bits per heavy atom. The van der Waals surface area contributed by atoms with Crippen LogP contribution in [0, 0.1) is 0 Å². The molecule has 3 rings (SSSR count). The van der Waals surface area contributed by atoms with Crippen molar-refractivity contribution in [1.82, 2.24) is 0 Å². The Bertz CT molecular complexity index is 939. The first-order chi connectivity index (χ1) is 14.1. The van der Waals surface area contributed by atoms with E-state index in [4.69, 9.17) is 9.47 Å². The number of benzene rings is 3. The van der Waals surface area contributed by atoms with E-state index >= 15 is 0 Å². The Balaban J connectivity index is 1.47. The zero-order valence-electron chi connectivity index (χ0n) is 16.1. The quantitative estimate of drug-likeness (QED) is 0.599. The number of ether oxygens (including phenoxy) is 2. The van der Waals surface area contributed by atoms with Crippen LogP contribution < -0.4 is 20.1 Å². The molecular formula is C23H22N2O4. The van der Waals surface area contributed by atoms with E-state index in [1.807, 2.05) is 30.3 Å². The van der Waals surface area contributed by atoms with Crippen molar-refractivity contribution in [2.45, 2.75) is 6.42 Å². The largest absolute Gasteiger partial charge is 0.497 e. The summed E-state index contributed by atoms with van der Waals surface area (Å²) in [6.07, 6.45) is 0.231. The predicted molar refractivity (Wildman–Crippen MR) is 113 cm³/mol. The molecule has 6 nitrogen and oxygen atoms in total. The van der Waals surface area contributed by atoms with Gasteiger partial charge in [0.05, 0.1) is 20.1 Å². The monoisotopic (exact) mass is 390 g/mol. The Kier molecular flexibility index (Phi) is 6.84. The number of hydrogen-bond acceptors (Lipinski definition) is 4. The van der Waals surface area contributed by atoms with Crippen molar-refractivity contribution >= 4 is 23.2 Å². The number of rotatable bonds is 8. The van der Waals surface area contributed by atoms with E-state index in [-0.39, 0.29) is 24.8 Å². The Labute approximate surface area is 169 Å². The third-order valence-corrected chi connectivity index (χ3v) is 4.12. The maximum atomic E-state index is 12.3. The second-order valence-corrected chi connectivity index (χ2v) is 6.22. The summed E-state index contributed by atoms with van der Waals surface area (Å²) in [6, 6.07) is 23.1. The number of carbonyl (C=O) groups excluding carboxylic acids is 2. The van der Waals surface area contributed by atoms with Crippen molar-refractivity contribution in [3.05, 3.63) is 84.4 Å². The Hall–Kier alpha value is -3.80. The Morgan fingerprint density at radius 1 is 0.759 bits per heavy atom. The second kappa shape index (κ2) is 9.94. The average molecular weight is 390 g/mol. The zero-order valence-corrected chi connectivity index (χ0v) is 16.1. The van der Waals surface area contributed by atoms with Gasteiger partial charge < -0.3 is 20.1 Å². The molecular weight excluding hydrogens is 368 g/mol. The van der Waals surface area contributed by atoms with Crippen LogP contribution in [-0.4, -0.2) is 25.5 Å². The molecule has 6 heteroatoms. The van der Waals surface area contributed by atoms with Crippen LogP contribution in [-0.2, 0) is 4.79 Å². The third-order valence-electron chi connectivity index (χ3n) is 4.12. The number of para-hydroxylation sites is 1. The van der Waals surface area contributed by atoms with E-state index in [2.05, 4.69) is 10.6 Å². The molecule has 0 unspecified atom stereocenters. The van der Waals surface area contributed by atoms with Gasteiger partial charge >= 0.3 is 0 Å². The maximum Gasteiger partial charge on any atom is 0.255 e. The molecule has 2 amide bonds. The molecule has 3 aromatic carbocycles. The van der Waals surface area contributed by atoms with Gasteiger partial charge in [0, 0.05) is 16.9 Å². The van der Waals surface area contributed by atoms with Gasteiger partial charge in [-0.3, -0.25) is 9.59 Å². The van der Waals surface area contributed by atoms with E-state index in [0.29, 0.717) is 16.9 Å². The van der Waals surface area contributed by atoms with Gasteiger partial charge in [-0.1, -0.05) is 18.2 Å². The van der Waals surface area contributed by atoms with E-state index in [1.54, 1.807) is 55.6 Å². The molecule has 0 atom stereocenters. The fraction of sp³-hybridized carbons (Fsp3) is 0.130. The van der Waals surface area contributed by atoms with Crippen molar-refractivity contribution in [3.8, 4) is 11.5 Å². The number of carbonyl (C=O) groups is 2. The number of hydrogen-bond donors (Lipinski definition) is 2. The van der Waals surface area contributed by atoms with E-state index < -0.39 is 0 Å². The van der Waals surface area contributed by atoms with Crippen LogP contribution in [0.2, 0.25) is 0 Å². The molecule has 0 aromatic heterocycles. The molecule has 0 aliphatic heterocycles. The van der Waals surface area contributed by atoms with Gasteiger partial charge in [-0.25, -0.2) is 0 Å². The minimum atomic E-state index is -0.232. The van der Waals surface area contributed by atoms with Crippen molar-refractivity contribution in [2.75, 3.05) is 24.4 Å². The van der Waals surface area contributed by atoms with Crippen molar-refractivity contribution in [2.24, 2.45) is 0 Å². The SMILES string of the molecule is COc1ccc(NC(=O)c2ccc(NC(=O)CCOc3ccccc3)cc2)cc1. The smallest absolute Gasteiger partial charge is 0.255 e. The lowest BCUT2D eigenvalue weighted by Crippen LogP contribution is -2.15. The van der Waals surface area contributed by atoms with Gasteiger partial charge in [0.15, 0.2) is 0 Å². The molecule has 0 saturated carbocycles. The molecule has 0 heterocycles. The molecule has 148 valence electrons. The van der Waals surface area contributed by atoms with Crippen LogP contribution in [0.3, 0.4) is 0 Å². The summed E-state index contributed by atoms with van der Waals surface area (Å²) < 4.78 is 10.6. The highest BCUT2D eigenvalue weighted by Crippen LogP contribution is 2.17. The first-order valence-electron chi connectivity index (χ1n) is 9.17. The number of nitrogens with one attached hydrogen (secondary N) is 2. The fourth-order valence-corrected chi connectivity index (χ4v) is 2.58. The molecule has 0 spiro atoms. The van der Waals surface area contributed by atoms with Gasteiger partial charge in [-0.05, 0) is 60.7 Å². The standard InChI is InChI=1S/C23H22N2O4/c1-28-20-13-11-19(12-14-20)25-23(27)17-7-9-18(10-8-17)24-22(26)15-16-29-21-5-3-2-4-6-21/h2-14H,15-16H2,1H3,(H,24,26)(H,25,27). The molecule has 29 heavy (non-hydrogen) atoms. The van der Waals surface area contributed by atoms with Crippen molar-refractivity contribution in [1.29, 1.82) is 0 Å². The van der Waals surface area contributed by atoms with Crippen molar-refractivity contribution < 1.29 is 19.1 Å². The summed E-state index contributed by atoms with van der Waals surface area (Å²) in [4.78, 5) is 24.4. The van der Waals surface area contributed by atoms with E-state index in [0.717, 1.165) is 11.5 Å². The summed E-state index contributed by atoms with van der Waals surface area (Å²) in [5.74, 6) is 1.06. The highest BCUT2D eigenvalue weighted by atomic mass is 16.5. The van der Waals surface area contributed by atoms with E-state index in [9.17, 15) is 9.59 Å². The Morgan fingerprint density at radius 2 is 1.38 bits per heavy atom. The molecule has 3 aromatic rings. The van der Waals surface area contributed by atoms with Crippen LogP contribution in [0.15, 0.2) is 78.9 Å².